The van der Waals surface area contributed by atoms with Crippen molar-refractivity contribution in [3.8, 4) is 6.07 Å². The molecule has 1 aromatic carbocycles. The molecule has 4 nitrogen and oxygen atoms in total. The van der Waals surface area contributed by atoms with Gasteiger partial charge in [-0.1, -0.05) is 37.3 Å². The van der Waals surface area contributed by atoms with Crippen molar-refractivity contribution in [2.24, 2.45) is 0 Å². The van der Waals surface area contributed by atoms with Crippen LogP contribution in [0.2, 0.25) is 0 Å². The highest BCUT2D eigenvalue weighted by atomic mass is 15.2. The number of benzene rings is 1. The van der Waals surface area contributed by atoms with Crippen LogP contribution in [0.5, 0.6) is 0 Å². The predicted octanol–water partition coefficient (Wildman–Crippen LogP) is 2.95. The first-order valence-electron chi connectivity index (χ1n) is 6.70. The van der Waals surface area contributed by atoms with Crippen molar-refractivity contribution in [1.82, 2.24) is 4.98 Å². The van der Waals surface area contributed by atoms with Crippen LogP contribution >= 0.6 is 0 Å². The first-order chi connectivity index (χ1) is 9.74. The number of nitrogens with zero attached hydrogens (tertiary/aromatic N) is 3. The lowest BCUT2D eigenvalue weighted by atomic mass is 10.2. The van der Waals surface area contributed by atoms with E-state index in [1.54, 1.807) is 6.07 Å². The number of nitrogens with two attached hydrogens (primary N) is 1. The molecule has 0 spiro atoms. The van der Waals surface area contributed by atoms with E-state index in [0.717, 1.165) is 25.3 Å². The number of nitriles is 1. The van der Waals surface area contributed by atoms with Crippen molar-refractivity contribution in [1.29, 1.82) is 5.26 Å². The van der Waals surface area contributed by atoms with Crippen LogP contribution in [0.1, 0.15) is 24.6 Å². The summed E-state index contributed by atoms with van der Waals surface area (Å²) >= 11 is 0. The Labute approximate surface area is 119 Å². The molecule has 0 saturated carbocycles. The van der Waals surface area contributed by atoms with Gasteiger partial charge < -0.3 is 10.6 Å². The van der Waals surface area contributed by atoms with E-state index in [1.807, 2.05) is 30.3 Å². The molecule has 20 heavy (non-hydrogen) atoms. The SMILES string of the molecule is CCCN(Cc1ccccc1)c1ccc(N)c(C#N)n1. The van der Waals surface area contributed by atoms with Gasteiger partial charge in [-0.25, -0.2) is 4.98 Å². The van der Waals surface area contributed by atoms with Crippen LogP contribution in [0.15, 0.2) is 42.5 Å². The quantitative estimate of drug-likeness (QED) is 0.903. The molecule has 0 aliphatic heterocycles. The first-order valence-corrected chi connectivity index (χ1v) is 6.70. The molecule has 2 rings (SSSR count). The number of aromatic nitrogens is 1. The second-order valence-corrected chi connectivity index (χ2v) is 4.63. The summed E-state index contributed by atoms with van der Waals surface area (Å²) in [6, 6.07) is 15.9. The van der Waals surface area contributed by atoms with E-state index < -0.39 is 0 Å². The third kappa shape index (κ3) is 3.27. The Hall–Kier alpha value is -2.54. The molecule has 0 saturated heterocycles. The molecule has 4 heteroatoms. The molecule has 0 unspecified atom stereocenters. The van der Waals surface area contributed by atoms with Crippen molar-refractivity contribution in [3.63, 3.8) is 0 Å². The molecule has 2 N–H and O–H groups in total. The zero-order valence-electron chi connectivity index (χ0n) is 11.6. The number of nitrogen functional groups attached to an aromatic ring is 1. The minimum Gasteiger partial charge on any atom is -0.396 e. The summed E-state index contributed by atoms with van der Waals surface area (Å²) in [4.78, 5) is 6.51. The summed E-state index contributed by atoms with van der Waals surface area (Å²) in [7, 11) is 0. The van der Waals surface area contributed by atoms with E-state index in [1.165, 1.54) is 5.56 Å². The van der Waals surface area contributed by atoms with Crippen LogP contribution in [-0.2, 0) is 6.54 Å². The lowest BCUT2D eigenvalue weighted by Gasteiger charge is -2.23. The zero-order chi connectivity index (χ0) is 14.4. The van der Waals surface area contributed by atoms with Gasteiger partial charge in [-0.15, -0.1) is 0 Å². The van der Waals surface area contributed by atoms with E-state index >= 15 is 0 Å². The summed E-state index contributed by atoms with van der Waals surface area (Å²) in [5.41, 5.74) is 7.66. The van der Waals surface area contributed by atoms with Crippen LogP contribution in [-0.4, -0.2) is 11.5 Å². The lowest BCUT2D eigenvalue weighted by Crippen LogP contribution is -2.24. The summed E-state index contributed by atoms with van der Waals surface area (Å²) in [5, 5.41) is 9.03. The maximum Gasteiger partial charge on any atom is 0.165 e. The maximum atomic E-state index is 9.03. The van der Waals surface area contributed by atoms with Crippen molar-refractivity contribution < 1.29 is 0 Å². The van der Waals surface area contributed by atoms with Crippen LogP contribution in [0, 0.1) is 11.3 Å². The van der Waals surface area contributed by atoms with Gasteiger partial charge in [0.25, 0.3) is 0 Å². The van der Waals surface area contributed by atoms with E-state index in [9.17, 15) is 0 Å². The van der Waals surface area contributed by atoms with Crippen LogP contribution in [0.4, 0.5) is 11.5 Å². The third-order valence-electron chi connectivity index (χ3n) is 3.05. The summed E-state index contributed by atoms with van der Waals surface area (Å²) in [6.07, 6.45) is 1.01. The highest BCUT2D eigenvalue weighted by molar-refractivity contribution is 5.55. The highest BCUT2D eigenvalue weighted by Crippen LogP contribution is 2.19. The highest BCUT2D eigenvalue weighted by Gasteiger charge is 2.10. The molecule has 0 aliphatic carbocycles. The Morgan fingerprint density at radius 1 is 1.20 bits per heavy atom. The van der Waals surface area contributed by atoms with Gasteiger partial charge >= 0.3 is 0 Å². The fourth-order valence-electron chi connectivity index (χ4n) is 2.07. The lowest BCUT2D eigenvalue weighted by molar-refractivity contribution is 0.754. The maximum absolute atomic E-state index is 9.03. The molecule has 0 radical (unpaired) electrons. The molecular weight excluding hydrogens is 248 g/mol. The van der Waals surface area contributed by atoms with Gasteiger partial charge in [0.2, 0.25) is 0 Å². The fraction of sp³-hybridized carbons (Fsp3) is 0.250. The molecule has 0 aliphatic rings. The molecule has 102 valence electrons. The molecule has 0 atom stereocenters. The van der Waals surface area contributed by atoms with Gasteiger partial charge in [0, 0.05) is 13.1 Å². The van der Waals surface area contributed by atoms with Crippen molar-refractivity contribution in [2.75, 3.05) is 17.2 Å². The zero-order valence-corrected chi connectivity index (χ0v) is 11.6. The number of pyridine rings is 1. The normalized spacial score (nSPS) is 10.0. The fourth-order valence-corrected chi connectivity index (χ4v) is 2.07. The van der Waals surface area contributed by atoms with Crippen molar-refractivity contribution in [2.45, 2.75) is 19.9 Å². The Kier molecular flexibility index (Phi) is 4.56. The van der Waals surface area contributed by atoms with Gasteiger partial charge in [-0.3, -0.25) is 0 Å². The monoisotopic (exact) mass is 266 g/mol. The number of anilines is 2. The minimum absolute atomic E-state index is 0.289. The van der Waals surface area contributed by atoms with Crippen molar-refractivity contribution >= 4 is 11.5 Å². The Morgan fingerprint density at radius 2 is 1.95 bits per heavy atom. The molecule has 1 aromatic heterocycles. The van der Waals surface area contributed by atoms with Gasteiger partial charge in [0.05, 0.1) is 5.69 Å². The van der Waals surface area contributed by atoms with Gasteiger partial charge in [0.1, 0.15) is 11.9 Å². The van der Waals surface area contributed by atoms with E-state index in [0.29, 0.717) is 5.69 Å². The third-order valence-corrected chi connectivity index (χ3v) is 3.05. The molecule has 0 bridgehead atoms. The smallest absolute Gasteiger partial charge is 0.165 e. The van der Waals surface area contributed by atoms with Crippen LogP contribution in [0.3, 0.4) is 0 Å². The summed E-state index contributed by atoms with van der Waals surface area (Å²) in [6.45, 7) is 3.79. The summed E-state index contributed by atoms with van der Waals surface area (Å²) < 4.78 is 0. The molecule has 1 heterocycles. The molecular formula is C16H18N4. The minimum atomic E-state index is 0.289. The second kappa shape index (κ2) is 6.58. The van der Waals surface area contributed by atoms with E-state index in [4.69, 9.17) is 11.0 Å². The van der Waals surface area contributed by atoms with Crippen LogP contribution < -0.4 is 10.6 Å². The van der Waals surface area contributed by atoms with Crippen LogP contribution in [0.25, 0.3) is 0 Å². The van der Waals surface area contributed by atoms with Crippen molar-refractivity contribution in [3.05, 3.63) is 53.7 Å². The van der Waals surface area contributed by atoms with E-state index in [2.05, 4.69) is 28.9 Å². The number of rotatable bonds is 5. The Balaban J connectivity index is 2.27. The average Bonchev–Trinajstić information content (AvgIpc) is 2.48. The molecule has 2 aromatic rings. The number of hydrogen-bond donors (Lipinski definition) is 1. The largest absolute Gasteiger partial charge is 0.396 e. The second-order valence-electron chi connectivity index (χ2n) is 4.63. The number of hydrogen-bond acceptors (Lipinski definition) is 4. The standard InChI is InChI=1S/C16H18N4/c1-2-10-20(12-13-6-4-3-5-7-13)16-9-8-14(18)15(11-17)19-16/h3-9H,2,10,12,18H2,1H3. The Morgan fingerprint density at radius 3 is 2.60 bits per heavy atom. The molecule has 0 fully saturated rings. The summed E-state index contributed by atoms with van der Waals surface area (Å²) in [5.74, 6) is 0.793. The van der Waals surface area contributed by atoms with Gasteiger partial charge in [-0.2, -0.15) is 5.26 Å². The first kappa shape index (κ1) is 13.9. The topological polar surface area (TPSA) is 65.9 Å². The van der Waals surface area contributed by atoms with Gasteiger partial charge in [-0.05, 0) is 24.1 Å². The van der Waals surface area contributed by atoms with E-state index in [-0.39, 0.29) is 5.69 Å². The average molecular weight is 266 g/mol. The molecule has 0 amide bonds. The van der Waals surface area contributed by atoms with Gasteiger partial charge in [0.15, 0.2) is 5.69 Å². The predicted molar refractivity (Wildman–Crippen MR) is 81.1 cm³/mol. The Bertz CT molecular complexity index is 602.